The SMILES string of the molecule is CC(C)NC(=O)N1CCC2(CC1)C(=O)NC2c1ccccc1. The molecule has 0 aromatic heterocycles. The molecule has 5 heteroatoms. The van der Waals surface area contributed by atoms with Crippen LogP contribution in [0.3, 0.4) is 0 Å². The third-order valence-electron chi connectivity index (χ3n) is 4.77. The van der Waals surface area contributed by atoms with Crippen molar-refractivity contribution in [1.82, 2.24) is 15.5 Å². The van der Waals surface area contributed by atoms with E-state index < -0.39 is 0 Å². The minimum atomic E-state index is -0.337. The molecule has 0 saturated carbocycles. The van der Waals surface area contributed by atoms with E-state index in [4.69, 9.17) is 0 Å². The van der Waals surface area contributed by atoms with Gasteiger partial charge in [0.1, 0.15) is 0 Å². The molecule has 5 nitrogen and oxygen atoms in total. The molecule has 1 unspecified atom stereocenters. The largest absolute Gasteiger partial charge is 0.348 e. The number of amides is 3. The van der Waals surface area contributed by atoms with Crippen molar-refractivity contribution in [3.8, 4) is 0 Å². The van der Waals surface area contributed by atoms with E-state index in [1.54, 1.807) is 0 Å². The first kappa shape index (κ1) is 14.9. The summed E-state index contributed by atoms with van der Waals surface area (Å²) < 4.78 is 0. The van der Waals surface area contributed by atoms with E-state index in [9.17, 15) is 9.59 Å². The van der Waals surface area contributed by atoms with Gasteiger partial charge in [-0.1, -0.05) is 30.3 Å². The number of urea groups is 1. The van der Waals surface area contributed by atoms with Crippen LogP contribution in [0.25, 0.3) is 0 Å². The van der Waals surface area contributed by atoms with Crippen molar-refractivity contribution in [2.45, 2.75) is 38.8 Å². The smallest absolute Gasteiger partial charge is 0.317 e. The van der Waals surface area contributed by atoms with E-state index in [2.05, 4.69) is 22.8 Å². The van der Waals surface area contributed by atoms with E-state index in [0.717, 1.165) is 18.4 Å². The Morgan fingerprint density at radius 1 is 1.27 bits per heavy atom. The summed E-state index contributed by atoms with van der Waals surface area (Å²) in [7, 11) is 0. The monoisotopic (exact) mass is 301 g/mol. The Hall–Kier alpha value is -2.04. The first-order valence-corrected chi connectivity index (χ1v) is 7.94. The Labute approximate surface area is 131 Å². The fourth-order valence-corrected chi connectivity index (χ4v) is 3.48. The number of hydrogen-bond donors (Lipinski definition) is 2. The summed E-state index contributed by atoms with van der Waals surface area (Å²) in [6.45, 7) is 5.17. The first-order chi connectivity index (χ1) is 10.5. The number of benzene rings is 1. The van der Waals surface area contributed by atoms with E-state index in [0.29, 0.717) is 13.1 Å². The van der Waals surface area contributed by atoms with Gasteiger partial charge in [0, 0.05) is 19.1 Å². The average molecular weight is 301 g/mol. The second-order valence-corrected chi connectivity index (χ2v) is 6.56. The molecule has 22 heavy (non-hydrogen) atoms. The lowest BCUT2D eigenvalue weighted by Crippen LogP contribution is -2.65. The van der Waals surface area contributed by atoms with Crippen LogP contribution in [0, 0.1) is 5.41 Å². The number of nitrogens with one attached hydrogen (secondary N) is 2. The molecule has 2 saturated heterocycles. The lowest BCUT2D eigenvalue weighted by atomic mass is 9.64. The summed E-state index contributed by atoms with van der Waals surface area (Å²) in [4.78, 5) is 26.1. The Bertz CT molecular complexity index is 563. The molecular formula is C17H23N3O2. The normalized spacial score (nSPS) is 23.1. The zero-order valence-corrected chi connectivity index (χ0v) is 13.1. The van der Waals surface area contributed by atoms with Crippen LogP contribution in [0.15, 0.2) is 30.3 Å². The molecule has 1 aromatic carbocycles. The summed E-state index contributed by atoms with van der Waals surface area (Å²) in [6.07, 6.45) is 1.45. The molecule has 118 valence electrons. The number of piperidine rings is 1. The highest BCUT2D eigenvalue weighted by Crippen LogP contribution is 2.49. The topological polar surface area (TPSA) is 61.4 Å². The summed E-state index contributed by atoms with van der Waals surface area (Å²) in [5.74, 6) is 0.130. The van der Waals surface area contributed by atoms with Crippen molar-refractivity contribution in [3.05, 3.63) is 35.9 Å². The summed E-state index contributed by atoms with van der Waals surface area (Å²) in [6, 6.07) is 10.3. The number of carbonyl (C=O) groups excluding carboxylic acids is 2. The Kier molecular flexibility index (Phi) is 3.81. The number of nitrogens with zero attached hydrogens (tertiary/aromatic N) is 1. The Balaban J connectivity index is 1.68. The van der Waals surface area contributed by atoms with Crippen molar-refractivity contribution in [2.24, 2.45) is 5.41 Å². The van der Waals surface area contributed by atoms with E-state index in [-0.39, 0.29) is 29.4 Å². The van der Waals surface area contributed by atoms with Gasteiger partial charge < -0.3 is 15.5 Å². The first-order valence-electron chi connectivity index (χ1n) is 7.94. The van der Waals surface area contributed by atoms with Gasteiger partial charge in [-0.3, -0.25) is 4.79 Å². The van der Waals surface area contributed by atoms with E-state index >= 15 is 0 Å². The third-order valence-corrected chi connectivity index (χ3v) is 4.77. The van der Waals surface area contributed by atoms with E-state index in [1.807, 2.05) is 36.9 Å². The highest BCUT2D eigenvalue weighted by molar-refractivity contribution is 5.91. The zero-order chi connectivity index (χ0) is 15.7. The molecule has 1 aromatic rings. The molecule has 0 bridgehead atoms. The summed E-state index contributed by atoms with van der Waals surface area (Å²) >= 11 is 0. The maximum atomic E-state index is 12.2. The van der Waals surface area contributed by atoms with Gasteiger partial charge in [0.2, 0.25) is 5.91 Å². The van der Waals surface area contributed by atoms with E-state index in [1.165, 1.54) is 0 Å². The molecule has 0 radical (unpaired) electrons. The fourth-order valence-electron chi connectivity index (χ4n) is 3.48. The fraction of sp³-hybridized carbons (Fsp3) is 0.529. The predicted molar refractivity (Wildman–Crippen MR) is 84.2 cm³/mol. The van der Waals surface area contributed by atoms with Crippen molar-refractivity contribution >= 4 is 11.9 Å². The minimum Gasteiger partial charge on any atom is -0.348 e. The second-order valence-electron chi connectivity index (χ2n) is 6.56. The maximum Gasteiger partial charge on any atom is 0.317 e. The standard InChI is InChI=1S/C17H23N3O2/c1-12(2)18-16(22)20-10-8-17(9-11-20)14(19-15(17)21)13-6-4-3-5-7-13/h3-7,12,14H,8-11H2,1-2H3,(H,18,22)(H,19,21). The summed E-state index contributed by atoms with van der Waals surface area (Å²) in [5, 5.41) is 5.95. The third kappa shape index (κ3) is 2.45. The summed E-state index contributed by atoms with van der Waals surface area (Å²) in [5.41, 5.74) is 0.817. The molecule has 1 atom stereocenters. The van der Waals surface area contributed by atoms with Gasteiger partial charge in [0.25, 0.3) is 0 Å². The van der Waals surface area contributed by atoms with Gasteiger partial charge in [0.05, 0.1) is 11.5 Å². The van der Waals surface area contributed by atoms with Crippen LogP contribution in [-0.4, -0.2) is 36.0 Å². The Morgan fingerprint density at radius 3 is 2.45 bits per heavy atom. The van der Waals surface area contributed by atoms with Gasteiger partial charge >= 0.3 is 6.03 Å². The number of carbonyl (C=O) groups is 2. The van der Waals surface area contributed by atoms with Crippen molar-refractivity contribution in [1.29, 1.82) is 0 Å². The zero-order valence-electron chi connectivity index (χ0n) is 13.1. The molecule has 2 heterocycles. The van der Waals surface area contributed by atoms with Gasteiger partial charge in [0.15, 0.2) is 0 Å². The second kappa shape index (κ2) is 5.63. The molecule has 0 aliphatic carbocycles. The molecule has 2 aliphatic rings. The predicted octanol–water partition coefficient (Wildman–Crippen LogP) is 2.06. The van der Waals surface area contributed by atoms with Crippen molar-refractivity contribution in [3.63, 3.8) is 0 Å². The van der Waals surface area contributed by atoms with Crippen LogP contribution in [0.2, 0.25) is 0 Å². The number of hydrogen-bond acceptors (Lipinski definition) is 2. The number of likely N-dealkylation sites (tertiary alicyclic amines) is 1. The van der Waals surface area contributed by atoms with Gasteiger partial charge in [-0.15, -0.1) is 0 Å². The highest BCUT2D eigenvalue weighted by atomic mass is 16.2. The highest BCUT2D eigenvalue weighted by Gasteiger charge is 2.56. The molecule has 2 N–H and O–H groups in total. The lowest BCUT2D eigenvalue weighted by Gasteiger charge is -2.52. The van der Waals surface area contributed by atoms with Crippen LogP contribution >= 0.6 is 0 Å². The van der Waals surface area contributed by atoms with Gasteiger partial charge in [-0.2, -0.15) is 0 Å². The molecule has 2 aliphatic heterocycles. The van der Waals surface area contributed by atoms with Crippen LogP contribution in [0.1, 0.15) is 38.3 Å². The average Bonchev–Trinajstić information content (AvgIpc) is 2.52. The van der Waals surface area contributed by atoms with Crippen LogP contribution < -0.4 is 10.6 Å². The molecule has 1 spiro atoms. The molecule has 2 fully saturated rings. The van der Waals surface area contributed by atoms with Crippen molar-refractivity contribution in [2.75, 3.05) is 13.1 Å². The van der Waals surface area contributed by atoms with Crippen molar-refractivity contribution < 1.29 is 9.59 Å². The van der Waals surface area contributed by atoms with Gasteiger partial charge in [-0.25, -0.2) is 4.79 Å². The van der Waals surface area contributed by atoms with Crippen LogP contribution in [0.5, 0.6) is 0 Å². The quantitative estimate of drug-likeness (QED) is 0.821. The lowest BCUT2D eigenvalue weighted by molar-refractivity contribution is -0.150. The van der Waals surface area contributed by atoms with Gasteiger partial charge in [-0.05, 0) is 32.3 Å². The van der Waals surface area contributed by atoms with Crippen LogP contribution in [0.4, 0.5) is 4.79 Å². The minimum absolute atomic E-state index is 0.0270. The molecule has 3 rings (SSSR count). The maximum absolute atomic E-state index is 12.2. The number of β-lactam (4-membered cyclic amide) rings is 1. The Morgan fingerprint density at radius 2 is 1.91 bits per heavy atom. The van der Waals surface area contributed by atoms with Crippen LogP contribution in [-0.2, 0) is 4.79 Å². The number of rotatable bonds is 2. The molecule has 3 amide bonds. The molecular weight excluding hydrogens is 278 g/mol.